The van der Waals surface area contributed by atoms with E-state index in [1.165, 1.54) is 0 Å². The van der Waals surface area contributed by atoms with Crippen molar-refractivity contribution in [1.82, 2.24) is 0 Å². The highest BCUT2D eigenvalue weighted by Crippen LogP contribution is 2.26. The van der Waals surface area contributed by atoms with Gasteiger partial charge in [-0.1, -0.05) is 48.9 Å². The number of amides is 2. The van der Waals surface area contributed by atoms with Crippen LogP contribution in [0.4, 0.5) is 17.1 Å². The highest BCUT2D eigenvalue weighted by molar-refractivity contribution is 6.33. The molecule has 3 aromatic carbocycles. The second-order valence-corrected chi connectivity index (χ2v) is 7.81. The first-order chi connectivity index (χ1) is 16.5. The Kier molecular flexibility index (Phi) is 9.61. The predicted octanol–water partition coefficient (Wildman–Crippen LogP) is 5.59. The second kappa shape index (κ2) is 13.1. The number of anilines is 3. The first-order valence-corrected chi connectivity index (χ1v) is 11.5. The molecule has 8 heteroatoms. The first-order valence-electron chi connectivity index (χ1n) is 11.1. The largest absolute Gasteiger partial charge is 0.490 e. The summed E-state index contributed by atoms with van der Waals surface area (Å²) in [7, 11) is 0. The summed E-state index contributed by atoms with van der Waals surface area (Å²) in [5.74, 6) is 1.02. The molecule has 3 N–H and O–H groups in total. The van der Waals surface area contributed by atoms with Gasteiger partial charge in [0.25, 0.3) is 0 Å². The molecule has 3 aromatic rings. The summed E-state index contributed by atoms with van der Waals surface area (Å²) in [5, 5.41) is 9.03. The minimum Gasteiger partial charge on any atom is -0.490 e. The predicted molar refractivity (Wildman–Crippen MR) is 136 cm³/mol. The number of hydrogen-bond acceptors (Lipinski definition) is 5. The highest BCUT2D eigenvalue weighted by Gasteiger charge is 2.10. The van der Waals surface area contributed by atoms with Crippen LogP contribution >= 0.6 is 11.6 Å². The van der Waals surface area contributed by atoms with Crippen molar-refractivity contribution in [2.75, 3.05) is 35.7 Å². The number of hydrogen-bond donors (Lipinski definition) is 3. The lowest BCUT2D eigenvalue weighted by Crippen LogP contribution is -2.22. The van der Waals surface area contributed by atoms with Gasteiger partial charge in [-0.25, -0.2) is 0 Å². The maximum Gasteiger partial charge on any atom is 0.243 e. The number of carbonyl (C=O) groups excluding carboxylic acids is 2. The third-order valence-corrected chi connectivity index (χ3v) is 5.01. The molecule has 0 saturated heterocycles. The molecule has 3 rings (SSSR count). The van der Waals surface area contributed by atoms with Crippen LogP contribution in [0.5, 0.6) is 11.5 Å². The van der Waals surface area contributed by atoms with Gasteiger partial charge in [0.15, 0.2) is 0 Å². The van der Waals surface area contributed by atoms with Gasteiger partial charge in [-0.15, -0.1) is 0 Å². The molecule has 0 spiro atoms. The van der Waals surface area contributed by atoms with Gasteiger partial charge in [0.2, 0.25) is 11.8 Å². The highest BCUT2D eigenvalue weighted by atomic mass is 35.5. The van der Waals surface area contributed by atoms with Crippen LogP contribution in [0.2, 0.25) is 5.02 Å². The molecule has 178 valence electrons. The first kappa shape index (κ1) is 24.9. The Balaban J connectivity index is 1.50. The molecule has 0 aliphatic carbocycles. The number of benzene rings is 3. The van der Waals surface area contributed by atoms with Crippen LogP contribution in [0, 0.1) is 0 Å². The summed E-state index contributed by atoms with van der Waals surface area (Å²) in [6, 6.07) is 21.8. The maximum atomic E-state index is 12.5. The standard InChI is InChI=1S/C26H28ClN3O4/c1-2-8-25(31)29-19-13-14-21(27)23(17-19)30-26(32)18-28-22-11-6-7-12-24(22)34-16-15-33-20-9-4-3-5-10-20/h3-7,9-14,17,28H,2,8,15-16,18H2,1H3,(H,29,31)(H,30,32). The average Bonchev–Trinajstić information content (AvgIpc) is 2.84. The Morgan fingerprint density at radius 3 is 2.35 bits per heavy atom. The number of ether oxygens (including phenoxy) is 2. The number of para-hydroxylation sites is 3. The summed E-state index contributed by atoms with van der Waals surface area (Å²) in [6.07, 6.45) is 1.17. The van der Waals surface area contributed by atoms with Crippen LogP contribution in [-0.2, 0) is 9.59 Å². The molecular formula is C26H28ClN3O4. The lowest BCUT2D eigenvalue weighted by Gasteiger charge is -2.14. The summed E-state index contributed by atoms with van der Waals surface area (Å²) in [4.78, 5) is 24.3. The second-order valence-electron chi connectivity index (χ2n) is 7.40. The molecule has 0 fully saturated rings. The van der Waals surface area contributed by atoms with Crippen molar-refractivity contribution in [3.05, 3.63) is 77.8 Å². The van der Waals surface area contributed by atoms with Gasteiger partial charge < -0.3 is 25.4 Å². The van der Waals surface area contributed by atoms with Gasteiger partial charge >= 0.3 is 0 Å². The third-order valence-electron chi connectivity index (χ3n) is 4.68. The van der Waals surface area contributed by atoms with Crippen molar-refractivity contribution in [3.8, 4) is 11.5 Å². The number of halogens is 1. The minimum atomic E-state index is -0.291. The van der Waals surface area contributed by atoms with Crippen molar-refractivity contribution in [3.63, 3.8) is 0 Å². The van der Waals surface area contributed by atoms with Gasteiger partial charge in [0.1, 0.15) is 24.7 Å². The van der Waals surface area contributed by atoms with E-state index in [1.54, 1.807) is 18.2 Å². The Labute approximate surface area is 204 Å². The number of rotatable bonds is 12. The lowest BCUT2D eigenvalue weighted by atomic mass is 10.2. The fraction of sp³-hybridized carbons (Fsp3) is 0.231. The summed E-state index contributed by atoms with van der Waals surface area (Å²) in [6.45, 7) is 2.68. The minimum absolute atomic E-state index is 0.00361. The van der Waals surface area contributed by atoms with Crippen molar-refractivity contribution < 1.29 is 19.1 Å². The molecule has 0 radical (unpaired) electrons. The van der Waals surface area contributed by atoms with Gasteiger partial charge in [0, 0.05) is 12.1 Å². The Bertz CT molecular complexity index is 1090. The zero-order valence-corrected chi connectivity index (χ0v) is 19.7. The quantitative estimate of drug-likeness (QED) is 0.293. The van der Waals surface area contributed by atoms with Crippen LogP contribution in [0.3, 0.4) is 0 Å². The SMILES string of the molecule is CCCC(=O)Nc1ccc(Cl)c(NC(=O)CNc2ccccc2OCCOc2ccccc2)c1. The third kappa shape index (κ3) is 8.01. The molecular weight excluding hydrogens is 454 g/mol. The molecule has 34 heavy (non-hydrogen) atoms. The molecule has 0 atom stereocenters. The average molecular weight is 482 g/mol. The smallest absolute Gasteiger partial charge is 0.243 e. The molecule has 0 bridgehead atoms. The topological polar surface area (TPSA) is 88.7 Å². The molecule has 0 aliphatic heterocycles. The molecule has 0 unspecified atom stereocenters. The fourth-order valence-corrected chi connectivity index (χ4v) is 3.25. The monoisotopic (exact) mass is 481 g/mol. The van der Waals surface area contributed by atoms with E-state index in [9.17, 15) is 9.59 Å². The molecule has 0 aromatic heterocycles. The van der Waals surface area contributed by atoms with Crippen LogP contribution in [0.15, 0.2) is 72.8 Å². The van der Waals surface area contributed by atoms with E-state index in [2.05, 4.69) is 16.0 Å². The normalized spacial score (nSPS) is 10.3. The molecule has 0 heterocycles. The van der Waals surface area contributed by atoms with E-state index in [0.717, 1.165) is 12.2 Å². The van der Waals surface area contributed by atoms with Gasteiger partial charge in [-0.3, -0.25) is 9.59 Å². The summed E-state index contributed by atoms with van der Waals surface area (Å²) < 4.78 is 11.5. The molecule has 7 nitrogen and oxygen atoms in total. The van der Waals surface area contributed by atoms with Gasteiger partial charge in [-0.2, -0.15) is 0 Å². The van der Waals surface area contributed by atoms with Crippen molar-refractivity contribution in [2.24, 2.45) is 0 Å². The van der Waals surface area contributed by atoms with Crippen molar-refractivity contribution in [2.45, 2.75) is 19.8 Å². The molecule has 2 amide bonds. The molecule has 0 aliphatic rings. The van der Waals surface area contributed by atoms with E-state index in [1.807, 2.05) is 61.5 Å². The fourth-order valence-electron chi connectivity index (χ4n) is 3.09. The van der Waals surface area contributed by atoms with E-state index in [0.29, 0.717) is 47.5 Å². The van der Waals surface area contributed by atoms with E-state index < -0.39 is 0 Å². The Hall–Kier alpha value is -3.71. The lowest BCUT2D eigenvalue weighted by molar-refractivity contribution is -0.116. The summed E-state index contributed by atoms with van der Waals surface area (Å²) in [5.41, 5.74) is 1.68. The maximum absolute atomic E-state index is 12.5. The van der Waals surface area contributed by atoms with E-state index in [4.69, 9.17) is 21.1 Å². The van der Waals surface area contributed by atoms with Crippen LogP contribution in [0.1, 0.15) is 19.8 Å². The van der Waals surface area contributed by atoms with Crippen LogP contribution in [0.25, 0.3) is 0 Å². The van der Waals surface area contributed by atoms with Crippen LogP contribution in [-0.4, -0.2) is 31.6 Å². The van der Waals surface area contributed by atoms with Crippen molar-refractivity contribution >= 4 is 40.5 Å². The van der Waals surface area contributed by atoms with Gasteiger partial charge in [-0.05, 0) is 48.9 Å². The number of carbonyl (C=O) groups is 2. The Morgan fingerprint density at radius 2 is 1.56 bits per heavy atom. The Morgan fingerprint density at radius 1 is 0.824 bits per heavy atom. The van der Waals surface area contributed by atoms with Crippen LogP contribution < -0.4 is 25.4 Å². The zero-order valence-electron chi connectivity index (χ0n) is 19.0. The zero-order chi connectivity index (χ0) is 24.2. The van der Waals surface area contributed by atoms with E-state index in [-0.39, 0.29) is 18.4 Å². The summed E-state index contributed by atoms with van der Waals surface area (Å²) >= 11 is 6.22. The number of nitrogens with one attached hydrogen (secondary N) is 3. The molecule has 0 saturated carbocycles. The van der Waals surface area contributed by atoms with Gasteiger partial charge in [0.05, 0.1) is 22.9 Å². The van der Waals surface area contributed by atoms with Crippen molar-refractivity contribution in [1.29, 1.82) is 0 Å². The van der Waals surface area contributed by atoms with E-state index >= 15 is 0 Å².